The molecule has 1 aliphatic heterocycles. The first-order valence-corrected chi connectivity index (χ1v) is 8.50. The van der Waals surface area contributed by atoms with Crippen molar-refractivity contribution in [2.24, 2.45) is 0 Å². The van der Waals surface area contributed by atoms with Crippen molar-refractivity contribution in [3.05, 3.63) is 24.3 Å². The van der Waals surface area contributed by atoms with E-state index in [9.17, 15) is 8.78 Å². The first-order chi connectivity index (χ1) is 9.21. The summed E-state index contributed by atoms with van der Waals surface area (Å²) in [6.07, 6.45) is 0. The molecule has 1 aromatic rings. The zero-order valence-corrected chi connectivity index (χ0v) is 14.3. The summed E-state index contributed by atoms with van der Waals surface area (Å²) in [6, 6.07) is 6.89. The van der Waals surface area contributed by atoms with Crippen molar-refractivity contribution < 1.29 is 23.2 Å². The van der Waals surface area contributed by atoms with Crippen LogP contribution in [0.1, 0.15) is 27.7 Å². The van der Waals surface area contributed by atoms with Crippen LogP contribution in [0.4, 0.5) is 8.78 Å². The molecule has 7 heteroatoms. The van der Waals surface area contributed by atoms with E-state index in [0.717, 1.165) is 5.46 Å². The molecule has 1 heterocycles. The number of benzene rings is 1. The summed E-state index contributed by atoms with van der Waals surface area (Å²) in [4.78, 5) is 0. The number of hydrogen-bond donors (Lipinski definition) is 0. The summed E-state index contributed by atoms with van der Waals surface area (Å²) in [6.45, 7) is 6.33. The Morgan fingerprint density at radius 2 is 1.55 bits per heavy atom. The van der Waals surface area contributed by atoms with Crippen LogP contribution in [0.3, 0.4) is 0 Å². The molecule has 0 bridgehead atoms. The Balaban J connectivity index is 2.10. The molecule has 113 valence electrons. The van der Waals surface area contributed by atoms with Gasteiger partial charge in [0, 0.05) is 0 Å². The molecule has 1 fully saturated rings. The molecule has 0 aromatic heterocycles. The van der Waals surface area contributed by atoms with Gasteiger partial charge >= 0.3 is 112 Å². The van der Waals surface area contributed by atoms with Crippen molar-refractivity contribution in [1.29, 1.82) is 0 Å². The van der Waals surface area contributed by atoms with Gasteiger partial charge in [-0.3, -0.25) is 0 Å². The average molecular weight is 520 g/mol. The van der Waals surface area contributed by atoms with Crippen LogP contribution in [0.25, 0.3) is 0 Å². The van der Waals surface area contributed by atoms with E-state index in [2.05, 4.69) is 0 Å². The first-order valence-electron chi connectivity index (χ1n) is 6.11. The van der Waals surface area contributed by atoms with E-state index >= 15 is 0 Å². The van der Waals surface area contributed by atoms with Crippen LogP contribution < -0.4 is 10.6 Å². The molecule has 0 spiro atoms. The third kappa shape index (κ3) is 2.68. The van der Waals surface area contributed by atoms with E-state index in [4.69, 9.17) is 14.4 Å². The summed E-state index contributed by atoms with van der Waals surface area (Å²) in [5.41, 5.74) is 0.0578. The average Bonchev–Trinajstić information content (AvgIpc) is 2.56. The Bertz CT molecular complexity index is 497. The molecule has 0 aliphatic carbocycles. The Kier molecular flexibility index (Phi) is 3.32. The van der Waals surface area contributed by atoms with E-state index in [1.807, 2.05) is 27.7 Å². The summed E-state index contributed by atoms with van der Waals surface area (Å²) in [7, 11) is -0.448. The van der Waals surface area contributed by atoms with Crippen molar-refractivity contribution in [3.63, 3.8) is 0 Å². The Labute approximate surface area is 112 Å². The second-order valence-electron chi connectivity index (χ2n) is 5.48. The van der Waals surface area contributed by atoms with Gasteiger partial charge in [0.25, 0.3) is 0 Å². The van der Waals surface area contributed by atoms with Crippen LogP contribution in [0.15, 0.2) is 24.3 Å². The van der Waals surface area contributed by atoms with E-state index in [1.54, 1.807) is 24.3 Å². The fourth-order valence-corrected chi connectivity index (χ4v) is 2.58. The molecule has 20 heavy (non-hydrogen) atoms. The molecule has 0 radical (unpaired) electrons. The van der Waals surface area contributed by atoms with Crippen molar-refractivity contribution in [2.75, 3.05) is 0 Å². The molecule has 0 N–H and O–H groups in total. The quantitative estimate of drug-likeness (QED) is 0.574. The molecule has 2 rings (SSSR count). The van der Waals surface area contributed by atoms with Crippen LogP contribution in [0.2, 0.25) is 0 Å². The molecule has 3 nitrogen and oxygen atoms in total. The fraction of sp³-hybridized carbons (Fsp3) is 0.462. The zero-order chi connectivity index (χ0) is 15.0. The van der Waals surface area contributed by atoms with Crippen molar-refractivity contribution >= 4 is 19.5 Å². The van der Waals surface area contributed by atoms with Gasteiger partial charge in [0.15, 0.2) is 0 Å². The number of rotatable bonds is 3. The van der Waals surface area contributed by atoms with Gasteiger partial charge in [-0.2, -0.15) is 0 Å². The predicted molar refractivity (Wildman–Crippen MR) is 70.0 cm³/mol. The maximum atomic E-state index is 12.0. The van der Waals surface area contributed by atoms with Crippen molar-refractivity contribution in [1.82, 2.24) is 0 Å². The molecule has 1 saturated heterocycles. The zero-order valence-electron chi connectivity index (χ0n) is 11.7. The molecule has 0 unspecified atom stereocenters. The maximum absolute atomic E-state index is 12.0. The summed E-state index contributed by atoms with van der Waals surface area (Å²) >= 11 is 0. The monoisotopic (exact) mass is 518 g/mol. The van der Waals surface area contributed by atoms with Gasteiger partial charge in [-0.25, -0.2) is 0 Å². The van der Waals surface area contributed by atoms with Gasteiger partial charge in [-0.1, -0.05) is 0 Å². The molecule has 1 aromatic carbocycles. The second kappa shape index (κ2) is 4.69. The van der Waals surface area contributed by atoms with E-state index in [-0.39, 0.29) is 0 Å². The molecular weight excluding hydrogens is 504 g/mol. The standard InChI is InChI=1S/C12H17BO3.CF2.Cf/c1-11(2)12(3,4)16-13(15-11)9-5-7-10(14)8-6-9;2-1-3;/h5-8,14H,1-4H3;;/q;;+1/p-1. The van der Waals surface area contributed by atoms with Crippen molar-refractivity contribution in [2.45, 2.75) is 38.9 Å². The minimum absolute atomic E-state index is 0.396. The topological polar surface area (TPSA) is 27.7 Å². The van der Waals surface area contributed by atoms with Crippen LogP contribution in [0.5, 0.6) is 5.75 Å². The van der Waals surface area contributed by atoms with Gasteiger partial charge in [-0.05, 0) is 0 Å². The van der Waals surface area contributed by atoms with Crippen LogP contribution in [0, 0.1) is 0 Å². The third-order valence-electron chi connectivity index (χ3n) is 3.56. The minimum atomic E-state index is -1.98. The summed E-state index contributed by atoms with van der Waals surface area (Å²) in [5, 5.41) is 5.05. The fourth-order valence-electron chi connectivity index (χ4n) is 1.71. The number of halogens is 2. The van der Waals surface area contributed by atoms with Crippen molar-refractivity contribution in [3.8, 4) is 5.75 Å². The van der Waals surface area contributed by atoms with E-state index in [0.29, 0.717) is 5.75 Å². The third-order valence-corrected chi connectivity index (χ3v) is 4.86. The van der Waals surface area contributed by atoms with Crippen LogP contribution in [-0.4, -0.2) is 25.2 Å². The van der Waals surface area contributed by atoms with Gasteiger partial charge in [0.1, 0.15) is 0 Å². The van der Waals surface area contributed by atoms with Crippen LogP contribution >= 0.6 is 0 Å². The Hall–Kier alpha value is -2.27. The van der Waals surface area contributed by atoms with Crippen LogP contribution in [-0.2, 0) is 9.31 Å². The van der Waals surface area contributed by atoms with Gasteiger partial charge in [0.2, 0.25) is 0 Å². The van der Waals surface area contributed by atoms with Gasteiger partial charge in [0.05, 0.1) is 0 Å². The molecule has 0 atom stereocenters. The molecular formula is C13H16BCfF2O3. The summed E-state index contributed by atoms with van der Waals surface area (Å²) in [5.74, 6) is 0.453. The van der Waals surface area contributed by atoms with Gasteiger partial charge < -0.3 is 0 Å². The SMILES string of the molecule is CC1(C)OB(c2ccc([O][Cf]=[C](F)F)cc2)OC1(C)C. The second-order valence-corrected chi connectivity index (χ2v) is 7.55. The molecule has 0 saturated carbocycles. The normalized spacial score (nSPS) is 19.6. The Morgan fingerprint density at radius 1 is 1.05 bits per heavy atom. The molecule has 1 aliphatic rings. The molecule has 0 amide bonds. The van der Waals surface area contributed by atoms with Gasteiger partial charge in [-0.15, -0.1) is 0 Å². The Morgan fingerprint density at radius 3 is 2.00 bits per heavy atom. The van der Waals surface area contributed by atoms with E-state index in [1.165, 1.54) is 0 Å². The predicted octanol–water partition coefficient (Wildman–Crippen LogP) is 2.39. The first kappa shape index (κ1) is 14.2. The van der Waals surface area contributed by atoms with E-state index < -0.39 is 25.2 Å². The number of hydrogen-bond acceptors (Lipinski definition) is 3. The summed E-state index contributed by atoms with van der Waals surface area (Å²) < 4.78 is 33.9.